The summed E-state index contributed by atoms with van der Waals surface area (Å²) in [5, 5.41) is 0. The molecular weight excluding hydrogens is 598 g/mol. The molecule has 142 valence electrons. The number of benzene rings is 2. The van der Waals surface area contributed by atoms with E-state index in [1.54, 1.807) is 51.2 Å². The molecule has 0 aromatic heterocycles. The third-order valence-corrected chi connectivity index (χ3v) is 7.19. The highest BCUT2D eigenvalue weighted by Gasteiger charge is 2.15. The van der Waals surface area contributed by atoms with Gasteiger partial charge in [0.1, 0.15) is 29.1 Å². The highest BCUT2D eigenvalue weighted by atomic mass is 127. The largest absolute Gasteiger partial charge is 0.744 e. The normalized spacial score (nSPS) is 12.7. The van der Waals surface area contributed by atoms with E-state index < -0.39 is 16.1 Å². The minimum Gasteiger partial charge on any atom is -0.744 e. The molecule has 0 heterocycles. The lowest BCUT2D eigenvalue weighted by molar-refractivity contribution is 0.0450. The number of esters is 1. The van der Waals surface area contributed by atoms with E-state index >= 15 is 0 Å². The average molecular weight is 611 g/mol. The van der Waals surface area contributed by atoms with Crippen LogP contribution in [0.3, 0.4) is 0 Å². The van der Waals surface area contributed by atoms with Crippen LogP contribution in [0.25, 0.3) is 6.08 Å². The monoisotopic (exact) mass is 611 g/mol. The number of hydrogen-bond acceptors (Lipinski definition) is 6. The van der Waals surface area contributed by atoms with Crippen LogP contribution in [0.15, 0.2) is 41.3 Å². The maximum absolute atomic E-state index is 12.1. The summed E-state index contributed by atoms with van der Waals surface area (Å²) in [7, 11) is -4.55. The van der Waals surface area contributed by atoms with Crippen LogP contribution in [0.4, 0.5) is 0 Å². The molecule has 0 atom stereocenters. The smallest absolute Gasteiger partial charge is 0.338 e. The summed E-state index contributed by atoms with van der Waals surface area (Å²) in [5.74, 6) is -0.0267. The van der Waals surface area contributed by atoms with Gasteiger partial charge in [-0.2, -0.15) is 0 Å². The number of halogens is 2. The Kier molecular flexibility index (Phi) is 6.43. The maximum atomic E-state index is 12.1. The average Bonchev–Trinajstić information content (AvgIpc) is 3.04. The van der Waals surface area contributed by atoms with Gasteiger partial charge in [0.05, 0.1) is 10.5 Å². The Morgan fingerprint density at radius 1 is 1.11 bits per heavy atom. The summed E-state index contributed by atoms with van der Waals surface area (Å²) in [4.78, 5) is 11.9. The van der Waals surface area contributed by atoms with Crippen molar-refractivity contribution in [2.24, 2.45) is 0 Å². The highest BCUT2D eigenvalue weighted by molar-refractivity contribution is 14.1. The van der Waals surface area contributed by atoms with Gasteiger partial charge in [-0.05, 0) is 87.0 Å². The van der Waals surface area contributed by atoms with Crippen molar-refractivity contribution in [3.05, 3.63) is 60.2 Å². The number of fused-ring (bicyclic) bond motifs is 1. The van der Waals surface area contributed by atoms with E-state index in [2.05, 4.69) is 0 Å². The molecule has 1 aliphatic carbocycles. The Balaban J connectivity index is 1.55. The van der Waals surface area contributed by atoms with E-state index in [4.69, 9.17) is 9.47 Å². The minimum absolute atomic E-state index is 0.0446. The second-order valence-electron chi connectivity index (χ2n) is 5.67. The summed E-state index contributed by atoms with van der Waals surface area (Å²) >= 11 is 3.55. The van der Waals surface area contributed by atoms with Gasteiger partial charge >= 0.3 is 5.97 Å². The second kappa shape index (κ2) is 8.45. The molecule has 0 amide bonds. The van der Waals surface area contributed by atoms with E-state index in [0.717, 1.165) is 17.5 Å². The van der Waals surface area contributed by atoms with Gasteiger partial charge in [-0.3, -0.25) is 0 Å². The molecule has 0 spiro atoms. The number of hydrogen-bond donors (Lipinski definition) is 0. The van der Waals surface area contributed by atoms with Gasteiger partial charge in [-0.1, -0.05) is 18.2 Å². The van der Waals surface area contributed by atoms with Crippen LogP contribution in [0.1, 0.15) is 21.5 Å². The Bertz CT molecular complexity index is 1010. The highest BCUT2D eigenvalue weighted by Crippen LogP contribution is 2.29. The van der Waals surface area contributed by atoms with Crippen LogP contribution in [0.2, 0.25) is 0 Å². The van der Waals surface area contributed by atoms with Gasteiger partial charge in [0, 0.05) is 7.14 Å². The van der Waals surface area contributed by atoms with Crippen molar-refractivity contribution in [1.82, 2.24) is 0 Å². The molecule has 0 saturated heterocycles. The topological polar surface area (TPSA) is 92.7 Å². The Labute approximate surface area is 184 Å². The van der Waals surface area contributed by atoms with Crippen LogP contribution in [0, 0.1) is 7.14 Å². The van der Waals surface area contributed by atoms with Gasteiger partial charge < -0.3 is 14.0 Å². The molecule has 0 bridgehead atoms. The lowest BCUT2D eigenvalue weighted by Crippen LogP contribution is -2.13. The lowest BCUT2D eigenvalue weighted by Gasteiger charge is -2.14. The molecule has 9 heteroatoms. The first kappa shape index (κ1) is 20.6. The zero-order chi connectivity index (χ0) is 19.6. The molecule has 2 aromatic rings. The fourth-order valence-electron chi connectivity index (χ4n) is 2.62. The van der Waals surface area contributed by atoms with Crippen molar-refractivity contribution < 1.29 is 27.2 Å². The van der Waals surface area contributed by atoms with E-state index in [1.807, 2.05) is 24.3 Å². The van der Waals surface area contributed by atoms with E-state index in [9.17, 15) is 17.8 Å². The predicted molar refractivity (Wildman–Crippen MR) is 115 cm³/mol. The van der Waals surface area contributed by atoms with Crippen molar-refractivity contribution in [3.8, 4) is 5.75 Å². The van der Waals surface area contributed by atoms with Gasteiger partial charge in [0.15, 0.2) is 0 Å². The minimum atomic E-state index is -4.55. The first-order chi connectivity index (χ1) is 12.8. The van der Waals surface area contributed by atoms with E-state index in [-0.39, 0.29) is 25.2 Å². The van der Waals surface area contributed by atoms with Crippen LogP contribution >= 0.6 is 45.2 Å². The summed E-state index contributed by atoms with van der Waals surface area (Å²) in [5.41, 5.74) is 2.70. The fourth-order valence-corrected chi connectivity index (χ4v) is 6.55. The van der Waals surface area contributed by atoms with Gasteiger partial charge in [0.2, 0.25) is 0 Å². The number of ether oxygens (including phenoxy) is 2. The van der Waals surface area contributed by atoms with Gasteiger partial charge in [-0.25, -0.2) is 13.2 Å². The maximum Gasteiger partial charge on any atom is 0.338 e. The van der Waals surface area contributed by atoms with E-state index in [0.29, 0.717) is 11.3 Å². The zero-order valence-electron chi connectivity index (χ0n) is 13.8. The molecule has 3 rings (SSSR count). The summed E-state index contributed by atoms with van der Waals surface area (Å²) in [6, 6.07) is 8.36. The predicted octanol–water partition coefficient (Wildman–Crippen LogP) is 3.61. The van der Waals surface area contributed by atoms with E-state index in [1.165, 1.54) is 12.1 Å². The molecule has 2 aromatic carbocycles. The summed E-state index contributed by atoms with van der Waals surface area (Å²) in [6.07, 6.45) is 4.87. The van der Waals surface area contributed by atoms with Gasteiger partial charge in [0.25, 0.3) is 0 Å². The fraction of sp³-hybridized carbons (Fsp3) is 0.167. The molecule has 0 saturated carbocycles. The molecule has 0 radical (unpaired) electrons. The zero-order valence-corrected chi connectivity index (χ0v) is 18.9. The van der Waals surface area contributed by atoms with Crippen molar-refractivity contribution in [2.75, 3.05) is 13.2 Å². The molecule has 0 N–H and O–H groups in total. The van der Waals surface area contributed by atoms with Crippen LogP contribution in [0.5, 0.6) is 5.75 Å². The van der Waals surface area contributed by atoms with Crippen molar-refractivity contribution in [3.63, 3.8) is 0 Å². The molecular formula is C18H13I2O6S-. The van der Waals surface area contributed by atoms with Crippen molar-refractivity contribution in [2.45, 2.75) is 11.3 Å². The molecule has 1 aliphatic rings. The van der Waals surface area contributed by atoms with Gasteiger partial charge in [-0.15, -0.1) is 0 Å². The molecule has 0 unspecified atom stereocenters. The summed E-state index contributed by atoms with van der Waals surface area (Å²) < 4.78 is 45.1. The third-order valence-electron chi connectivity index (χ3n) is 3.82. The number of allylic oxidation sites excluding steroid dienone is 1. The SMILES string of the molecule is O=C(OCCOc1cc(I)c(S(=O)(=O)[O-])c(I)c1)c1ccc2c(c1)CC=C2. The van der Waals surface area contributed by atoms with Crippen LogP contribution in [-0.4, -0.2) is 32.2 Å². The Morgan fingerprint density at radius 3 is 2.48 bits per heavy atom. The summed E-state index contributed by atoms with van der Waals surface area (Å²) in [6.45, 7) is 0.150. The number of rotatable bonds is 6. The molecule has 27 heavy (non-hydrogen) atoms. The van der Waals surface area contributed by atoms with Crippen molar-refractivity contribution in [1.29, 1.82) is 0 Å². The third kappa shape index (κ3) is 5.00. The Morgan fingerprint density at radius 2 is 1.81 bits per heavy atom. The standard InChI is InChI=1S/C18H14I2O6S/c19-15-9-14(10-16(20)17(15)27(22,23)24)25-6-7-26-18(21)13-5-4-11-2-1-3-12(11)8-13/h1-2,4-5,8-10H,3,6-7H2,(H,22,23,24)/p-1. The second-order valence-corrected chi connectivity index (χ2v) is 9.32. The molecule has 6 nitrogen and oxygen atoms in total. The van der Waals surface area contributed by atoms with Crippen LogP contribution < -0.4 is 4.74 Å². The number of carbonyl (C=O) groups excluding carboxylic acids is 1. The van der Waals surface area contributed by atoms with Crippen molar-refractivity contribution >= 4 is 67.3 Å². The lowest BCUT2D eigenvalue weighted by atomic mass is 10.1. The van der Waals surface area contributed by atoms with Crippen LogP contribution in [-0.2, 0) is 21.3 Å². The Hall–Kier alpha value is -1.18. The first-order valence-electron chi connectivity index (χ1n) is 7.80. The quantitative estimate of drug-likeness (QED) is 0.215. The number of carbonyl (C=O) groups is 1. The first-order valence-corrected chi connectivity index (χ1v) is 11.4. The molecule has 0 fully saturated rings. The molecule has 0 aliphatic heterocycles.